The van der Waals surface area contributed by atoms with Crippen molar-refractivity contribution in [1.29, 1.82) is 0 Å². The lowest BCUT2D eigenvalue weighted by Crippen LogP contribution is -2.45. The van der Waals surface area contributed by atoms with Gasteiger partial charge in [-0.15, -0.1) is 0 Å². The second-order valence-corrected chi connectivity index (χ2v) is 8.60. The van der Waals surface area contributed by atoms with Crippen molar-refractivity contribution < 1.29 is 37.3 Å². The first-order chi connectivity index (χ1) is 14.2. The molecular weight excluding hydrogens is 405 g/mol. The highest BCUT2D eigenvalue weighted by Gasteiger charge is 2.43. The van der Waals surface area contributed by atoms with Gasteiger partial charge in [0.2, 0.25) is 0 Å². The maximum atomic E-state index is 12.6. The van der Waals surface area contributed by atoms with E-state index >= 15 is 0 Å². The Morgan fingerprint density at radius 3 is 2.27 bits per heavy atom. The largest absolute Gasteiger partial charge is 0.490 e. The van der Waals surface area contributed by atoms with Crippen LogP contribution in [-0.4, -0.2) is 91.1 Å². The van der Waals surface area contributed by atoms with E-state index in [2.05, 4.69) is 4.90 Å². The Labute approximate surface area is 174 Å². The summed E-state index contributed by atoms with van der Waals surface area (Å²) in [5.41, 5.74) is 0. The molecule has 4 saturated heterocycles. The number of carboxylic acid groups (broad SMARTS) is 1. The summed E-state index contributed by atoms with van der Waals surface area (Å²) in [7, 11) is 0. The molecule has 0 unspecified atom stereocenters. The van der Waals surface area contributed by atoms with Crippen molar-refractivity contribution in [3.63, 3.8) is 0 Å². The van der Waals surface area contributed by atoms with Crippen LogP contribution in [0.5, 0.6) is 0 Å². The number of amides is 1. The number of halogens is 3. The standard InChI is InChI=1S/C18H30N2O3.C2HF3O2/c21-18(20-6-1-2-7-20)16-11-15-3-8-19(13-17(15)23-16)12-14-4-9-22-10-5-14;3-2(4,5)1(6)7/h14-17H,1-13H2;(H,6,7)/t15-,16+,17-;/m0./s1. The molecule has 4 aliphatic heterocycles. The molecule has 0 spiro atoms. The molecule has 172 valence electrons. The van der Waals surface area contributed by atoms with Gasteiger partial charge in [0.25, 0.3) is 5.91 Å². The van der Waals surface area contributed by atoms with Gasteiger partial charge in [-0.3, -0.25) is 4.79 Å². The summed E-state index contributed by atoms with van der Waals surface area (Å²) in [4.78, 5) is 26.0. The Morgan fingerprint density at radius 1 is 1.03 bits per heavy atom. The number of aliphatic carboxylic acids is 1. The summed E-state index contributed by atoms with van der Waals surface area (Å²) in [6.07, 6.45) is 1.88. The monoisotopic (exact) mass is 436 g/mol. The van der Waals surface area contributed by atoms with Crippen LogP contribution in [0.25, 0.3) is 0 Å². The van der Waals surface area contributed by atoms with Crippen LogP contribution < -0.4 is 0 Å². The number of hydrogen-bond acceptors (Lipinski definition) is 5. The maximum Gasteiger partial charge on any atom is 0.490 e. The van der Waals surface area contributed by atoms with Crippen molar-refractivity contribution in [1.82, 2.24) is 9.80 Å². The summed E-state index contributed by atoms with van der Waals surface area (Å²) in [5.74, 6) is -1.12. The van der Waals surface area contributed by atoms with Gasteiger partial charge < -0.3 is 24.4 Å². The fourth-order valence-electron chi connectivity index (χ4n) is 4.75. The summed E-state index contributed by atoms with van der Waals surface area (Å²) in [6, 6.07) is 0. The number of hydrogen-bond donors (Lipinski definition) is 1. The Kier molecular flexibility index (Phi) is 7.98. The zero-order valence-corrected chi connectivity index (χ0v) is 17.1. The Morgan fingerprint density at radius 2 is 1.67 bits per heavy atom. The highest BCUT2D eigenvalue weighted by Crippen LogP contribution is 2.35. The third kappa shape index (κ3) is 6.31. The SMILES string of the molecule is O=C(O)C(F)(F)F.O=C([C@H]1C[C@@H]2CCN(CC3CCOCC3)C[C@@H]2O1)N1CCCC1. The quantitative estimate of drug-likeness (QED) is 0.731. The second kappa shape index (κ2) is 10.3. The van der Waals surface area contributed by atoms with E-state index in [0.717, 1.165) is 58.0 Å². The lowest BCUT2D eigenvalue weighted by molar-refractivity contribution is -0.192. The zero-order valence-electron chi connectivity index (χ0n) is 17.1. The van der Waals surface area contributed by atoms with Crippen molar-refractivity contribution >= 4 is 11.9 Å². The van der Waals surface area contributed by atoms with Gasteiger partial charge >= 0.3 is 12.1 Å². The first-order valence-electron chi connectivity index (χ1n) is 10.8. The number of piperidine rings is 1. The highest BCUT2D eigenvalue weighted by atomic mass is 19.4. The van der Waals surface area contributed by atoms with E-state index in [1.165, 1.54) is 32.4 Å². The molecule has 4 rings (SSSR count). The van der Waals surface area contributed by atoms with Crippen molar-refractivity contribution in [3.8, 4) is 0 Å². The molecule has 1 amide bonds. The Balaban J connectivity index is 0.000000318. The second-order valence-electron chi connectivity index (χ2n) is 8.60. The van der Waals surface area contributed by atoms with Crippen molar-refractivity contribution in [2.24, 2.45) is 11.8 Å². The fraction of sp³-hybridized carbons (Fsp3) is 0.900. The van der Waals surface area contributed by atoms with Crippen LogP contribution in [0.4, 0.5) is 13.2 Å². The number of rotatable bonds is 3. The van der Waals surface area contributed by atoms with Gasteiger partial charge in [-0.1, -0.05) is 0 Å². The molecule has 0 aromatic carbocycles. The molecule has 10 heteroatoms. The van der Waals surface area contributed by atoms with E-state index in [1.807, 2.05) is 4.90 Å². The molecule has 4 fully saturated rings. The van der Waals surface area contributed by atoms with E-state index < -0.39 is 12.1 Å². The molecular formula is C20H31F3N2O5. The van der Waals surface area contributed by atoms with Crippen molar-refractivity contribution in [3.05, 3.63) is 0 Å². The Bertz CT molecular complexity index is 591. The van der Waals surface area contributed by atoms with E-state index in [1.54, 1.807) is 0 Å². The van der Waals surface area contributed by atoms with Gasteiger partial charge in [0, 0.05) is 39.4 Å². The molecule has 1 N–H and O–H groups in total. The molecule has 4 aliphatic rings. The third-order valence-electron chi connectivity index (χ3n) is 6.43. The number of likely N-dealkylation sites (tertiary alicyclic amines) is 2. The molecule has 0 radical (unpaired) electrons. The van der Waals surface area contributed by atoms with E-state index in [9.17, 15) is 18.0 Å². The van der Waals surface area contributed by atoms with Crippen molar-refractivity contribution in [2.75, 3.05) is 45.9 Å². The van der Waals surface area contributed by atoms with Crippen LogP contribution >= 0.6 is 0 Å². The average molecular weight is 436 g/mol. The molecule has 4 heterocycles. The minimum absolute atomic E-state index is 0.161. The van der Waals surface area contributed by atoms with E-state index in [0.29, 0.717) is 5.92 Å². The van der Waals surface area contributed by atoms with Gasteiger partial charge in [0.1, 0.15) is 6.10 Å². The number of ether oxygens (including phenoxy) is 2. The normalized spacial score (nSPS) is 30.5. The molecule has 0 aromatic rings. The van der Waals surface area contributed by atoms with Crippen LogP contribution in [0.15, 0.2) is 0 Å². The third-order valence-corrected chi connectivity index (χ3v) is 6.43. The number of carbonyl (C=O) groups excluding carboxylic acids is 1. The summed E-state index contributed by atoms with van der Waals surface area (Å²) >= 11 is 0. The number of carbonyl (C=O) groups is 2. The predicted octanol–water partition coefficient (Wildman–Crippen LogP) is 2.15. The number of fused-ring (bicyclic) bond motifs is 1. The Hall–Kier alpha value is -1.39. The molecule has 0 bridgehead atoms. The van der Waals surface area contributed by atoms with Crippen LogP contribution in [0.2, 0.25) is 0 Å². The van der Waals surface area contributed by atoms with Crippen LogP contribution in [0, 0.1) is 11.8 Å². The number of nitrogens with zero attached hydrogens (tertiary/aromatic N) is 2. The lowest BCUT2D eigenvalue weighted by atomic mass is 9.90. The summed E-state index contributed by atoms with van der Waals surface area (Å²) < 4.78 is 43.4. The molecule has 3 atom stereocenters. The van der Waals surface area contributed by atoms with Crippen molar-refractivity contribution in [2.45, 2.75) is 56.9 Å². The zero-order chi connectivity index (χ0) is 21.7. The first-order valence-corrected chi connectivity index (χ1v) is 10.8. The predicted molar refractivity (Wildman–Crippen MR) is 101 cm³/mol. The average Bonchev–Trinajstić information content (AvgIpc) is 3.38. The molecule has 0 aromatic heterocycles. The lowest BCUT2D eigenvalue weighted by Gasteiger charge is -2.36. The first kappa shape index (κ1) is 23.3. The highest BCUT2D eigenvalue weighted by molar-refractivity contribution is 5.81. The van der Waals surface area contributed by atoms with Gasteiger partial charge in [0.05, 0.1) is 6.10 Å². The number of alkyl halides is 3. The van der Waals surface area contributed by atoms with E-state index in [4.69, 9.17) is 19.4 Å². The molecule has 7 nitrogen and oxygen atoms in total. The van der Waals surface area contributed by atoms with E-state index in [-0.39, 0.29) is 18.1 Å². The maximum absolute atomic E-state index is 12.6. The van der Waals surface area contributed by atoms with Gasteiger partial charge in [0.15, 0.2) is 0 Å². The van der Waals surface area contributed by atoms with Gasteiger partial charge in [-0.2, -0.15) is 13.2 Å². The molecule has 0 aliphatic carbocycles. The van der Waals surface area contributed by atoms with Crippen LogP contribution in [0.1, 0.15) is 38.5 Å². The topological polar surface area (TPSA) is 79.3 Å². The summed E-state index contributed by atoms with van der Waals surface area (Å²) in [6.45, 7) is 7.09. The molecule has 0 saturated carbocycles. The minimum atomic E-state index is -5.08. The summed E-state index contributed by atoms with van der Waals surface area (Å²) in [5, 5.41) is 7.12. The minimum Gasteiger partial charge on any atom is -0.475 e. The van der Waals surface area contributed by atoms with Crippen LogP contribution in [-0.2, 0) is 19.1 Å². The smallest absolute Gasteiger partial charge is 0.475 e. The van der Waals surface area contributed by atoms with Gasteiger partial charge in [-0.25, -0.2) is 4.79 Å². The number of carboxylic acids is 1. The van der Waals surface area contributed by atoms with Gasteiger partial charge in [-0.05, 0) is 56.9 Å². The fourth-order valence-corrected chi connectivity index (χ4v) is 4.75. The van der Waals surface area contributed by atoms with Crippen LogP contribution in [0.3, 0.4) is 0 Å². The molecule has 30 heavy (non-hydrogen) atoms.